The molecule has 0 saturated heterocycles. The Morgan fingerprint density at radius 3 is 1.24 bits per heavy atom. The number of alkyl halides is 6. The number of benzene rings is 2. The molecule has 12 heteroatoms. The van der Waals surface area contributed by atoms with Crippen LogP contribution in [0.2, 0.25) is 0 Å². The Labute approximate surface area is 184 Å². The molecule has 0 N–H and O–H groups in total. The lowest BCUT2D eigenvalue weighted by Gasteiger charge is -2.19. The summed E-state index contributed by atoms with van der Waals surface area (Å²) >= 11 is 0. The highest BCUT2D eigenvalue weighted by atomic mass is 19.4. The summed E-state index contributed by atoms with van der Waals surface area (Å²) in [4.78, 5) is 24.1. The number of carbonyl (C=O) groups excluding carboxylic acids is 2. The third-order valence-corrected chi connectivity index (χ3v) is 4.54. The zero-order valence-corrected chi connectivity index (χ0v) is 17.7. The van der Waals surface area contributed by atoms with Crippen LogP contribution in [0.3, 0.4) is 0 Å². The molecule has 0 bridgehead atoms. The van der Waals surface area contributed by atoms with Crippen LogP contribution >= 0.6 is 0 Å². The Hall–Kier alpha value is -3.44. The maximum atomic E-state index is 13.6. The molecule has 2 aromatic carbocycles. The molecule has 0 aliphatic carbocycles. The monoisotopic (exact) mass is 480 g/mol. The lowest BCUT2D eigenvalue weighted by atomic mass is 9.95. The van der Waals surface area contributed by atoms with E-state index < -0.39 is 64.5 Å². The summed E-state index contributed by atoms with van der Waals surface area (Å²) in [5.41, 5.74) is -4.14. The SMILES string of the molecule is COC(=O)c1cc(Cc2cc(C(=O)OC)c(OC)c(C(F)(F)F)c2)cc(C(F)(F)F)c1OC. The van der Waals surface area contributed by atoms with Crippen LogP contribution in [0.15, 0.2) is 24.3 Å². The largest absolute Gasteiger partial charge is 0.495 e. The quantitative estimate of drug-likeness (QED) is 0.433. The third kappa shape index (κ3) is 5.49. The summed E-state index contributed by atoms with van der Waals surface area (Å²) in [5, 5.41) is 0. The number of carbonyl (C=O) groups is 2. The van der Waals surface area contributed by atoms with Crippen LogP contribution in [0.25, 0.3) is 0 Å². The molecule has 33 heavy (non-hydrogen) atoms. The minimum absolute atomic E-state index is 0.183. The first-order valence-electron chi connectivity index (χ1n) is 9.01. The molecule has 0 aliphatic rings. The van der Waals surface area contributed by atoms with Crippen molar-refractivity contribution in [2.45, 2.75) is 18.8 Å². The Bertz CT molecular complexity index is 975. The highest BCUT2D eigenvalue weighted by molar-refractivity contribution is 5.94. The van der Waals surface area contributed by atoms with Crippen LogP contribution in [0.5, 0.6) is 11.5 Å². The predicted molar refractivity (Wildman–Crippen MR) is 101 cm³/mol. The van der Waals surface area contributed by atoms with E-state index in [4.69, 9.17) is 9.47 Å². The number of rotatable bonds is 6. The van der Waals surface area contributed by atoms with Gasteiger partial charge in [0.1, 0.15) is 22.6 Å². The molecule has 0 aliphatic heterocycles. The second-order valence-corrected chi connectivity index (χ2v) is 6.60. The van der Waals surface area contributed by atoms with Crippen LogP contribution in [0, 0.1) is 0 Å². The van der Waals surface area contributed by atoms with Gasteiger partial charge in [0, 0.05) is 0 Å². The van der Waals surface area contributed by atoms with Gasteiger partial charge in [-0.25, -0.2) is 9.59 Å². The van der Waals surface area contributed by atoms with E-state index in [1.165, 1.54) is 0 Å². The van der Waals surface area contributed by atoms with Crippen LogP contribution in [0.1, 0.15) is 43.0 Å². The summed E-state index contributed by atoms with van der Waals surface area (Å²) in [6.07, 6.45) is -10.4. The van der Waals surface area contributed by atoms with Gasteiger partial charge < -0.3 is 18.9 Å². The summed E-state index contributed by atoms with van der Waals surface area (Å²) in [6.45, 7) is 0. The molecule has 0 fully saturated rings. The van der Waals surface area contributed by atoms with Gasteiger partial charge in [-0.05, 0) is 41.8 Å². The Balaban J connectivity index is 2.76. The van der Waals surface area contributed by atoms with Crippen molar-refractivity contribution in [3.63, 3.8) is 0 Å². The van der Waals surface area contributed by atoms with E-state index in [0.717, 1.165) is 40.6 Å². The van der Waals surface area contributed by atoms with Gasteiger partial charge in [-0.15, -0.1) is 0 Å². The lowest BCUT2D eigenvalue weighted by Crippen LogP contribution is -2.15. The van der Waals surface area contributed by atoms with E-state index in [-0.39, 0.29) is 11.1 Å². The number of esters is 2. The predicted octanol–water partition coefficient (Wildman–Crippen LogP) is 4.91. The van der Waals surface area contributed by atoms with Crippen molar-refractivity contribution >= 4 is 11.9 Å². The van der Waals surface area contributed by atoms with Crippen molar-refractivity contribution in [3.8, 4) is 11.5 Å². The van der Waals surface area contributed by atoms with Crippen LogP contribution in [-0.2, 0) is 28.2 Å². The van der Waals surface area contributed by atoms with E-state index >= 15 is 0 Å². The van der Waals surface area contributed by atoms with Crippen LogP contribution in [-0.4, -0.2) is 40.4 Å². The van der Waals surface area contributed by atoms with Gasteiger partial charge in [-0.3, -0.25) is 0 Å². The first-order chi connectivity index (χ1) is 15.3. The molecule has 6 nitrogen and oxygen atoms in total. The van der Waals surface area contributed by atoms with Crippen molar-refractivity contribution in [1.29, 1.82) is 0 Å². The highest BCUT2D eigenvalue weighted by Gasteiger charge is 2.39. The third-order valence-electron chi connectivity index (χ3n) is 4.54. The Morgan fingerprint density at radius 1 is 0.667 bits per heavy atom. The van der Waals surface area contributed by atoms with E-state index in [0.29, 0.717) is 12.1 Å². The summed E-state index contributed by atoms with van der Waals surface area (Å²) in [5.74, 6) is -3.86. The van der Waals surface area contributed by atoms with Crippen LogP contribution in [0.4, 0.5) is 26.3 Å². The number of ether oxygens (including phenoxy) is 4. The molecule has 0 spiro atoms. The standard InChI is InChI=1S/C21H18F6O6/c1-30-16-12(18(28)32-3)6-10(8-14(16)20(22,23)24)5-11-7-13(19(29)33-4)17(31-2)15(9-11)21(25,26)27/h6-9H,5H2,1-4H3. The number of halogens is 6. The van der Waals surface area contributed by atoms with E-state index in [1.807, 2.05) is 0 Å². The smallest absolute Gasteiger partial charge is 0.419 e. The molecule has 0 unspecified atom stereocenters. The minimum Gasteiger partial charge on any atom is -0.495 e. The molecular formula is C21H18F6O6. The maximum absolute atomic E-state index is 13.6. The second-order valence-electron chi connectivity index (χ2n) is 6.60. The molecule has 0 aromatic heterocycles. The topological polar surface area (TPSA) is 71.1 Å². The average Bonchev–Trinajstić information content (AvgIpc) is 2.75. The second kappa shape index (κ2) is 9.59. The van der Waals surface area contributed by atoms with Gasteiger partial charge in [0.15, 0.2) is 0 Å². The number of methoxy groups -OCH3 is 4. The summed E-state index contributed by atoms with van der Waals surface area (Å²) in [6, 6.07) is 3.30. The zero-order chi connectivity index (χ0) is 25.1. The molecule has 180 valence electrons. The van der Waals surface area contributed by atoms with Gasteiger partial charge in [-0.2, -0.15) is 26.3 Å². The fourth-order valence-electron chi connectivity index (χ4n) is 3.20. The molecule has 0 saturated carbocycles. The Kier molecular flexibility index (Phi) is 7.50. The van der Waals surface area contributed by atoms with Crippen molar-refractivity contribution in [3.05, 3.63) is 57.6 Å². The fraction of sp³-hybridized carbons (Fsp3) is 0.333. The minimum atomic E-state index is -4.95. The summed E-state index contributed by atoms with van der Waals surface area (Å²) in [7, 11) is 3.75. The molecule has 0 atom stereocenters. The molecule has 0 amide bonds. The van der Waals surface area contributed by atoms with Crippen molar-refractivity contribution in [2.24, 2.45) is 0 Å². The van der Waals surface area contributed by atoms with Gasteiger partial charge in [0.25, 0.3) is 0 Å². The normalized spacial score (nSPS) is 11.7. The zero-order valence-electron chi connectivity index (χ0n) is 17.7. The van der Waals surface area contributed by atoms with E-state index in [2.05, 4.69) is 9.47 Å². The van der Waals surface area contributed by atoms with Gasteiger partial charge in [-0.1, -0.05) is 0 Å². The lowest BCUT2D eigenvalue weighted by molar-refractivity contribution is -0.139. The van der Waals surface area contributed by atoms with Crippen molar-refractivity contribution in [1.82, 2.24) is 0 Å². The Morgan fingerprint density at radius 2 is 1.00 bits per heavy atom. The fourth-order valence-corrected chi connectivity index (χ4v) is 3.20. The van der Waals surface area contributed by atoms with E-state index in [1.54, 1.807) is 0 Å². The molecule has 0 heterocycles. The molecule has 0 radical (unpaired) electrons. The maximum Gasteiger partial charge on any atom is 0.419 e. The number of hydrogen-bond donors (Lipinski definition) is 0. The highest BCUT2D eigenvalue weighted by Crippen LogP contribution is 2.42. The van der Waals surface area contributed by atoms with Crippen LogP contribution < -0.4 is 9.47 Å². The van der Waals surface area contributed by atoms with Gasteiger partial charge >= 0.3 is 24.3 Å². The van der Waals surface area contributed by atoms with Gasteiger partial charge in [0.2, 0.25) is 0 Å². The average molecular weight is 480 g/mol. The molecular weight excluding hydrogens is 462 g/mol. The first kappa shape index (κ1) is 25.8. The molecule has 2 aromatic rings. The molecule has 2 rings (SSSR count). The van der Waals surface area contributed by atoms with Crippen molar-refractivity contribution < 1.29 is 54.9 Å². The summed E-state index contributed by atoms with van der Waals surface area (Å²) < 4.78 is 99.9. The van der Waals surface area contributed by atoms with Crippen molar-refractivity contribution in [2.75, 3.05) is 28.4 Å². The van der Waals surface area contributed by atoms with Gasteiger partial charge in [0.05, 0.1) is 39.6 Å². The van der Waals surface area contributed by atoms with E-state index in [9.17, 15) is 35.9 Å². The number of hydrogen-bond acceptors (Lipinski definition) is 6. The first-order valence-corrected chi connectivity index (χ1v) is 9.01.